The molecule has 0 unspecified atom stereocenters. The van der Waals surface area contributed by atoms with Gasteiger partial charge in [-0.05, 0) is 30.3 Å². The number of fused-ring (bicyclic) bond motifs is 2. The SMILES string of the molecule is COc1cnc2c(OCc3nnc4ccc(-c5cc(Cl)cc(Cl)c5)nn34)ccnc2c1. The normalized spacial score (nSPS) is 11.2. The van der Waals surface area contributed by atoms with Gasteiger partial charge in [-0.15, -0.1) is 10.2 Å². The maximum Gasteiger partial charge on any atom is 0.192 e. The Morgan fingerprint density at radius 1 is 0.968 bits per heavy atom. The van der Waals surface area contributed by atoms with Gasteiger partial charge >= 0.3 is 0 Å². The Kier molecular flexibility index (Phi) is 5.01. The van der Waals surface area contributed by atoms with Crippen LogP contribution in [-0.4, -0.2) is 36.9 Å². The topological polar surface area (TPSA) is 87.3 Å². The van der Waals surface area contributed by atoms with Crippen molar-refractivity contribution in [1.29, 1.82) is 0 Å². The Hall–Kier alpha value is -3.49. The molecule has 0 bridgehead atoms. The molecule has 4 heterocycles. The third kappa shape index (κ3) is 3.83. The van der Waals surface area contributed by atoms with Crippen molar-refractivity contribution in [2.75, 3.05) is 7.11 Å². The molecule has 154 valence electrons. The molecule has 0 aliphatic carbocycles. The summed E-state index contributed by atoms with van der Waals surface area (Å²) in [5.41, 5.74) is 3.36. The molecule has 4 aromatic heterocycles. The zero-order valence-corrected chi connectivity index (χ0v) is 17.7. The predicted molar refractivity (Wildman–Crippen MR) is 117 cm³/mol. The van der Waals surface area contributed by atoms with Crippen LogP contribution in [0.2, 0.25) is 10.0 Å². The van der Waals surface area contributed by atoms with Gasteiger partial charge in [-0.2, -0.15) is 9.61 Å². The third-order valence-electron chi connectivity index (χ3n) is 4.59. The van der Waals surface area contributed by atoms with Crippen molar-refractivity contribution in [1.82, 2.24) is 29.8 Å². The van der Waals surface area contributed by atoms with Crippen LogP contribution < -0.4 is 9.47 Å². The average Bonchev–Trinajstić information content (AvgIpc) is 3.18. The minimum absolute atomic E-state index is 0.140. The first-order valence-electron chi connectivity index (χ1n) is 9.20. The van der Waals surface area contributed by atoms with Crippen LogP contribution in [0.5, 0.6) is 11.5 Å². The van der Waals surface area contributed by atoms with Gasteiger partial charge in [-0.1, -0.05) is 23.2 Å². The molecule has 0 aliphatic heterocycles. The van der Waals surface area contributed by atoms with Crippen LogP contribution in [0.3, 0.4) is 0 Å². The molecule has 5 aromatic rings. The monoisotopic (exact) mass is 452 g/mol. The van der Waals surface area contributed by atoms with Crippen LogP contribution in [0.1, 0.15) is 5.82 Å². The number of nitrogens with zero attached hydrogens (tertiary/aromatic N) is 6. The Morgan fingerprint density at radius 2 is 1.81 bits per heavy atom. The van der Waals surface area contributed by atoms with Crippen molar-refractivity contribution in [3.8, 4) is 22.8 Å². The van der Waals surface area contributed by atoms with Gasteiger partial charge in [-0.25, -0.2) is 4.98 Å². The minimum Gasteiger partial charge on any atom is -0.495 e. The fourth-order valence-corrected chi connectivity index (χ4v) is 3.66. The molecule has 0 fully saturated rings. The molecule has 31 heavy (non-hydrogen) atoms. The second-order valence-corrected chi connectivity index (χ2v) is 7.48. The Labute approximate surface area is 186 Å². The molecular formula is C21H14Cl2N6O2. The quantitative estimate of drug-likeness (QED) is 0.384. The minimum atomic E-state index is 0.140. The van der Waals surface area contributed by atoms with E-state index >= 15 is 0 Å². The van der Waals surface area contributed by atoms with E-state index in [0.29, 0.717) is 49.7 Å². The Bertz CT molecular complexity index is 1400. The second-order valence-electron chi connectivity index (χ2n) is 6.60. The van der Waals surface area contributed by atoms with Crippen molar-refractivity contribution in [3.63, 3.8) is 0 Å². The van der Waals surface area contributed by atoms with Crippen LogP contribution in [0.4, 0.5) is 0 Å². The highest BCUT2D eigenvalue weighted by Gasteiger charge is 2.12. The summed E-state index contributed by atoms with van der Waals surface area (Å²) < 4.78 is 12.8. The molecule has 0 saturated heterocycles. The van der Waals surface area contributed by atoms with Crippen molar-refractivity contribution >= 4 is 39.9 Å². The third-order valence-corrected chi connectivity index (χ3v) is 5.03. The summed E-state index contributed by atoms with van der Waals surface area (Å²) in [6, 6.07) is 12.5. The van der Waals surface area contributed by atoms with Crippen molar-refractivity contribution < 1.29 is 9.47 Å². The zero-order valence-electron chi connectivity index (χ0n) is 16.2. The lowest BCUT2D eigenvalue weighted by atomic mass is 10.1. The van der Waals surface area contributed by atoms with Gasteiger partial charge < -0.3 is 9.47 Å². The molecule has 0 atom stereocenters. The van der Waals surface area contributed by atoms with Crippen LogP contribution in [-0.2, 0) is 6.61 Å². The summed E-state index contributed by atoms with van der Waals surface area (Å²) in [5.74, 6) is 1.73. The van der Waals surface area contributed by atoms with Gasteiger partial charge in [0.2, 0.25) is 0 Å². The van der Waals surface area contributed by atoms with E-state index in [1.165, 1.54) is 0 Å². The molecule has 0 spiro atoms. The first-order valence-corrected chi connectivity index (χ1v) is 9.96. The number of pyridine rings is 2. The fraction of sp³-hybridized carbons (Fsp3) is 0.0952. The number of halogens is 2. The second kappa shape index (κ2) is 7.98. The Morgan fingerprint density at radius 3 is 2.61 bits per heavy atom. The smallest absolute Gasteiger partial charge is 0.192 e. The average molecular weight is 453 g/mol. The van der Waals surface area contributed by atoms with Gasteiger partial charge in [0, 0.05) is 33.9 Å². The van der Waals surface area contributed by atoms with Gasteiger partial charge in [0.05, 0.1) is 24.5 Å². The van der Waals surface area contributed by atoms with Gasteiger partial charge in [0.15, 0.2) is 11.5 Å². The highest BCUT2D eigenvalue weighted by molar-refractivity contribution is 6.35. The molecule has 8 nitrogen and oxygen atoms in total. The van der Waals surface area contributed by atoms with Crippen LogP contribution in [0, 0.1) is 0 Å². The molecule has 0 amide bonds. The van der Waals surface area contributed by atoms with Crippen molar-refractivity contribution in [2.45, 2.75) is 6.61 Å². The van der Waals surface area contributed by atoms with Crippen molar-refractivity contribution in [2.24, 2.45) is 0 Å². The standard InChI is InChI=1S/C21H14Cl2N6O2/c1-30-15-9-17-21(25-10-15)18(4-5-24-17)31-11-20-27-26-19-3-2-16(28-29(19)20)12-6-13(22)8-14(23)7-12/h2-10H,11H2,1H3. The lowest BCUT2D eigenvalue weighted by Crippen LogP contribution is -2.05. The summed E-state index contributed by atoms with van der Waals surface area (Å²) in [6.45, 7) is 0.140. The predicted octanol–water partition coefficient (Wildman–Crippen LogP) is 4.63. The largest absolute Gasteiger partial charge is 0.495 e. The zero-order chi connectivity index (χ0) is 21.4. The molecule has 0 radical (unpaired) electrons. The van der Waals surface area contributed by atoms with Gasteiger partial charge in [0.25, 0.3) is 0 Å². The summed E-state index contributed by atoms with van der Waals surface area (Å²) in [4.78, 5) is 8.70. The summed E-state index contributed by atoms with van der Waals surface area (Å²) >= 11 is 12.3. The first kappa shape index (κ1) is 19.5. The molecule has 10 heteroatoms. The number of hydrogen-bond acceptors (Lipinski definition) is 7. The van der Waals surface area contributed by atoms with Crippen LogP contribution in [0.25, 0.3) is 27.9 Å². The van der Waals surface area contributed by atoms with Gasteiger partial charge in [-0.3, -0.25) is 4.98 Å². The first-order chi connectivity index (χ1) is 15.1. The summed E-state index contributed by atoms with van der Waals surface area (Å²) in [5, 5.41) is 14.1. The number of ether oxygens (including phenoxy) is 2. The lowest BCUT2D eigenvalue weighted by molar-refractivity contribution is 0.295. The van der Waals surface area contributed by atoms with E-state index in [1.54, 1.807) is 54.4 Å². The van der Waals surface area contributed by atoms with Crippen LogP contribution >= 0.6 is 23.2 Å². The van der Waals surface area contributed by atoms with E-state index in [2.05, 4.69) is 25.3 Å². The number of aromatic nitrogens is 6. The van der Waals surface area contributed by atoms with E-state index in [-0.39, 0.29) is 6.61 Å². The van der Waals surface area contributed by atoms with E-state index in [0.717, 1.165) is 5.56 Å². The molecule has 0 N–H and O–H groups in total. The van der Waals surface area contributed by atoms with Crippen molar-refractivity contribution in [3.05, 3.63) is 70.7 Å². The summed E-state index contributed by atoms with van der Waals surface area (Å²) in [7, 11) is 1.58. The number of methoxy groups -OCH3 is 1. The molecule has 1 aromatic carbocycles. The number of rotatable bonds is 5. The maximum absolute atomic E-state index is 6.13. The number of benzene rings is 1. The molecule has 5 rings (SSSR count). The van der Waals surface area contributed by atoms with E-state index < -0.39 is 0 Å². The number of hydrogen-bond donors (Lipinski definition) is 0. The maximum atomic E-state index is 6.13. The van der Waals surface area contributed by atoms with E-state index in [9.17, 15) is 0 Å². The van der Waals surface area contributed by atoms with E-state index in [4.69, 9.17) is 32.7 Å². The Balaban J connectivity index is 1.47. The highest BCUT2D eigenvalue weighted by Crippen LogP contribution is 2.27. The summed E-state index contributed by atoms with van der Waals surface area (Å²) in [6.07, 6.45) is 3.27. The fourth-order valence-electron chi connectivity index (χ4n) is 3.14. The molecule has 0 saturated carbocycles. The molecular weight excluding hydrogens is 439 g/mol. The highest BCUT2D eigenvalue weighted by atomic mass is 35.5. The van der Waals surface area contributed by atoms with Crippen LogP contribution in [0.15, 0.2) is 54.9 Å². The van der Waals surface area contributed by atoms with Gasteiger partial charge in [0.1, 0.15) is 23.6 Å². The molecule has 0 aliphatic rings. The lowest BCUT2D eigenvalue weighted by Gasteiger charge is -2.08. The van der Waals surface area contributed by atoms with E-state index in [1.807, 2.05) is 12.1 Å².